The van der Waals surface area contributed by atoms with Crippen LogP contribution in [0.4, 0.5) is 9.18 Å². The molecule has 0 spiro atoms. The highest BCUT2D eigenvalue weighted by atomic mass is 35.5. The van der Waals surface area contributed by atoms with Gasteiger partial charge in [0.2, 0.25) is 0 Å². The molecule has 0 fully saturated rings. The number of urea groups is 1. The Morgan fingerprint density at radius 3 is 2.64 bits per heavy atom. The fourth-order valence-corrected chi connectivity index (χ4v) is 2.31. The summed E-state index contributed by atoms with van der Waals surface area (Å²) in [7, 11) is 0. The number of carbonyl (C=O) groups excluding carboxylic acids is 1. The van der Waals surface area contributed by atoms with E-state index in [2.05, 4.69) is 10.6 Å². The van der Waals surface area contributed by atoms with Gasteiger partial charge in [-0.2, -0.15) is 0 Å². The third kappa shape index (κ3) is 5.04. The zero-order valence-corrected chi connectivity index (χ0v) is 13.0. The summed E-state index contributed by atoms with van der Waals surface area (Å²) in [5, 5.41) is 6.30. The van der Waals surface area contributed by atoms with Crippen molar-refractivity contribution in [2.45, 2.75) is 19.4 Å². The van der Waals surface area contributed by atoms with E-state index in [-0.39, 0.29) is 17.9 Å². The monoisotopic (exact) mass is 320 g/mol. The van der Waals surface area contributed by atoms with E-state index in [1.54, 1.807) is 12.1 Å². The van der Waals surface area contributed by atoms with Gasteiger partial charge in [0.15, 0.2) is 0 Å². The number of carbonyl (C=O) groups is 1. The zero-order chi connectivity index (χ0) is 15.9. The number of hydrogen-bond donors (Lipinski definition) is 2. The number of rotatable bonds is 5. The second-order valence-corrected chi connectivity index (χ2v) is 5.49. The molecule has 0 aromatic heterocycles. The number of halogens is 2. The van der Waals surface area contributed by atoms with E-state index < -0.39 is 0 Å². The molecule has 2 rings (SSSR count). The van der Waals surface area contributed by atoms with Crippen LogP contribution in [0.15, 0.2) is 48.5 Å². The molecule has 1 unspecified atom stereocenters. The Labute approximate surface area is 134 Å². The predicted molar refractivity (Wildman–Crippen MR) is 86.5 cm³/mol. The van der Waals surface area contributed by atoms with E-state index in [1.807, 2.05) is 31.2 Å². The van der Waals surface area contributed by atoms with Crippen molar-refractivity contribution in [3.05, 3.63) is 70.5 Å². The van der Waals surface area contributed by atoms with Gasteiger partial charge in [-0.3, -0.25) is 0 Å². The van der Waals surface area contributed by atoms with E-state index in [4.69, 9.17) is 11.6 Å². The van der Waals surface area contributed by atoms with Gasteiger partial charge < -0.3 is 10.6 Å². The van der Waals surface area contributed by atoms with Crippen molar-refractivity contribution in [2.24, 2.45) is 0 Å². The molecule has 0 aliphatic heterocycles. The second kappa shape index (κ2) is 7.80. The molecule has 116 valence electrons. The summed E-state index contributed by atoms with van der Waals surface area (Å²) >= 11 is 5.91. The molecular formula is C17H18ClFN2O. The van der Waals surface area contributed by atoms with Crippen molar-refractivity contribution in [2.75, 3.05) is 6.54 Å². The van der Waals surface area contributed by atoms with Crippen LogP contribution >= 0.6 is 11.6 Å². The molecule has 5 heteroatoms. The van der Waals surface area contributed by atoms with Gasteiger partial charge in [0.05, 0.1) is 6.04 Å². The summed E-state index contributed by atoms with van der Waals surface area (Å²) in [5.41, 5.74) is 1.92. The topological polar surface area (TPSA) is 41.1 Å². The lowest BCUT2D eigenvalue weighted by atomic mass is 10.1. The molecule has 1 atom stereocenters. The van der Waals surface area contributed by atoms with Crippen molar-refractivity contribution >= 4 is 17.6 Å². The minimum absolute atomic E-state index is 0.188. The first-order chi connectivity index (χ1) is 10.5. The summed E-state index contributed by atoms with van der Waals surface area (Å²) in [6.45, 7) is 2.37. The van der Waals surface area contributed by atoms with Gasteiger partial charge in [0, 0.05) is 11.6 Å². The molecule has 0 heterocycles. The van der Waals surface area contributed by atoms with Crippen molar-refractivity contribution in [1.82, 2.24) is 10.6 Å². The summed E-state index contributed by atoms with van der Waals surface area (Å²) < 4.78 is 12.9. The fraction of sp³-hybridized carbons (Fsp3) is 0.235. The molecule has 0 bridgehead atoms. The molecule has 0 aliphatic rings. The molecule has 2 aromatic rings. The first-order valence-electron chi connectivity index (χ1n) is 7.09. The summed E-state index contributed by atoms with van der Waals surface area (Å²) in [6, 6.07) is 13.2. The van der Waals surface area contributed by atoms with Gasteiger partial charge in [-0.05, 0) is 48.7 Å². The van der Waals surface area contributed by atoms with Crippen LogP contribution in [0.3, 0.4) is 0 Å². The van der Waals surface area contributed by atoms with E-state index in [0.717, 1.165) is 11.1 Å². The average Bonchev–Trinajstić information content (AvgIpc) is 2.48. The van der Waals surface area contributed by atoms with Crippen molar-refractivity contribution in [1.29, 1.82) is 0 Å². The Kier molecular flexibility index (Phi) is 5.78. The Bertz CT molecular complexity index is 631. The molecule has 0 saturated carbocycles. The molecule has 0 radical (unpaired) electrons. The maximum Gasteiger partial charge on any atom is 0.315 e. The van der Waals surface area contributed by atoms with Crippen LogP contribution < -0.4 is 10.6 Å². The second-order valence-electron chi connectivity index (χ2n) is 5.05. The highest BCUT2D eigenvalue weighted by Crippen LogP contribution is 2.13. The predicted octanol–water partition coefficient (Wildman–Crippen LogP) is 4.08. The number of hydrogen-bond acceptors (Lipinski definition) is 1. The standard InChI is InChI=1S/C17H18ClFN2O/c1-12(14-5-7-16(19)8-6-14)21-17(22)20-10-9-13-3-2-4-15(18)11-13/h2-8,11-12H,9-10H2,1H3,(H2,20,21,22). The van der Waals surface area contributed by atoms with Crippen LogP contribution in [0.5, 0.6) is 0 Å². The summed E-state index contributed by atoms with van der Waals surface area (Å²) in [5.74, 6) is -0.290. The molecule has 0 aliphatic carbocycles. The Hall–Kier alpha value is -2.07. The minimum atomic E-state index is -0.290. The highest BCUT2D eigenvalue weighted by molar-refractivity contribution is 6.30. The average molecular weight is 321 g/mol. The number of nitrogens with one attached hydrogen (secondary N) is 2. The van der Waals surface area contributed by atoms with Gasteiger partial charge in [-0.1, -0.05) is 35.9 Å². The Balaban J connectivity index is 1.76. The highest BCUT2D eigenvalue weighted by Gasteiger charge is 2.09. The van der Waals surface area contributed by atoms with Gasteiger partial charge >= 0.3 is 6.03 Å². The van der Waals surface area contributed by atoms with Crippen molar-refractivity contribution < 1.29 is 9.18 Å². The zero-order valence-electron chi connectivity index (χ0n) is 12.3. The molecule has 2 aromatic carbocycles. The fourth-order valence-electron chi connectivity index (χ4n) is 2.10. The van der Waals surface area contributed by atoms with Crippen molar-refractivity contribution in [3.8, 4) is 0 Å². The lowest BCUT2D eigenvalue weighted by Gasteiger charge is -2.15. The van der Waals surface area contributed by atoms with Crippen LogP contribution in [0.2, 0.25) is 5.02 Å². The lowest BCUT2D eigenvalue weighted by molar-refractivity contribution is 0.238. The number of benzene rings is 2. The Morgan fingerprint density at radius 2 is 1.95 bits per heavy atom. The molecule has 2 N–H and O–H groups in total. The van der Waals surface area contributed by atoms with Gasteiger partial charge in [-0.25, -0.2) is 9.18 Å². The van der Waals surface area contributed by atoms with Crippen LogP contribution in [-0.2, 0) is 6.42 Å². The van der Waals surface area contributed by atoms with Crippen LogP contribution in [0.25, 0.3) is 0 Å². The van der Waals surface area contributed by atoms with Gasteiger partial charge in [0.25, 0.3) is 0 Å². The summed E-state index contributed by atoms with van der Waals surface area (Å²) in [4.78, 5) is 11.8. The SMILES string of the molecule is CC(NC(=O)NCCc1cccc(Cl)c1)c1ccc(F)cc1. The van der Waals surface area contributed by atoms with Crippen molar-refractivity contribution in [3.63, 3.8) is 0 Å². The lowest BCUT2D eigenvalue weighted by Crippen LogP contribution is -2.38. The largest absolute Gasteiger partial charge is 0.338 e. The first-order valence-corrected chi connectivity index (χ1v) is 7.46. The van der Waals surface area contributed by atoms with E-state index in [9.17, 15) is 9.18 Å². The quantitative estimate of drug-likeness (QED) is 0.856. The van der Waals surface area contributed by atoms with E-state index >= 15 is 0 Å². The number of amides is 2. The van der Waals surface area contributed by atoms with E-state index in [1.165, 1.54) is 12.1 Å². The molecule has 2 amide bonds. The molecular weight excluding hydrogens is 303 g/mol. The normalized spacial score (nSPS) is 11.8. The van der Waals surface area contributed by atoms with Crippen LogP contribution in [0.1, 0.15) is 24.1 Å². The third-order valence-electron chi connectivity index (χ3n) is 3.31. The molecule has 3 nitrogen and oxygen atoms in total. The van der Waals surface area contributed by atoms with E-state index in [0.29, 0.717) is 18.0 Å². The van der Waals surface area contributed by atoms with Gasteiger partial charge in [0.1, 0.15) is 5.82 Å². The maximum absolute atomic E-state index is 12.9. The third-order valence-corrected chi connectivity index (χ3v) is 3.54. The first kappa shape index (κ1) is 16.3. The maximum atomic E-state index is 12.9. The molecule has 0 saturated heterocycles. The smallest absolute Gasteiger partial charge is 0.315 e. The van der Waals surface area contributed by atoms with Gasteiger partial charge in [-0.15, -0.1) is 0 Å². The molecule has 22 heavy (non-hydrogen) atoms. The van der Waals surface area contributed by atoms with Crippen LogP contribution in [-0.4, -0.2) is 12.6 Å². The summed E-state index contributed by atoms with van der Waals surface area (Å²) in [6.07, 6.45) is 0.707. The Morgan fingerprint density at radius 1 is 1.23 bits per heavy atom. The minimum Gasteiger partial charge on any atom is -0.338 e. The van der Waals surface area contributed by atoms with Crippen LogP contribution in [0, 0.1) is 5.82 Å².